The van der Waals surface area contributed by atoms with Crippen molar-refractivity contribution in [2.24, 2.45) is 0 Å². The van der Waals surface area contributed by atoms with Gasteiger partial charge in [-0.15, -0.1) is 0 Å². The Balaban J connectivity index is 2.44. The Morgan fingerprint density at radius 2 is 2.00 bits per heavy atom. The third kappa shape index (κ3) is 2.54. The van der Waals surface area contributed by atoms with E-state index in [1.807, 2.05) is 6.92 Å². The third-order valence-corrected chi connectivity index (χ3v) is 4.73. The molecule has 0 aliphatic carbocycles. The van der Waals surface area contributed by atoms with E-state index in [1.165, 1.54) is 6.33 Å². The predicted molar refractivity (Wildman–Crippen MR) is 70.8 cm³/mol. The van der Waals surface area contributed by atoms with E-state index < -0.39 is 10.0 Å². The number of aryl methyl sites for hydroxylation is 2. The molecule has 0 unspecified atom stereocenters. The van der Waals surface area contributed by atoms with Crippen molar-refractivity contribution in [3.05, 3.63) is 34.1 Å². The molecular weight excluding hydrogens is 320 g/mol. The largest absolute Gasteiger partial charge is 0.264 e. The summed E-state index contributed by atoms with van der Waals surface area (Å²) in [5.41, 5.74) is 1.50. The predicted octanol–water partition coefficient (Wildman–Crippen LogP) is 1.98. The lowest BCUT2D eigenvalue weighted by Gasteiger charge is -2.10. The van der Waals surface area contributed by atoms with Gasteiger partial charge >= 0.3 is 0 Å². The second kappa shape index (κ2) is 4.69. The second-order valence-electron chi connectivity index (χ2n) is 3.81. The Bertz CT molecular complexity index is 667. The number of aromatic amines is 1. The minimum atomic E-state index is -3.66. The van der Waals surface area contributed by atoms with E-state index in [0.717, 1.165) is 10.0 Å². The summed E-state index contributed by atoms with van der Waals surface area (Å²) in [5.74, 6) is 0.0926. The van der Waals surface area contributed by atoms with Crippen LogP contribution in [-0.4, -0.2) is 23.6 Å². The SMILES string of the molecule is Cc1cc(S(=O)(=O)Nc2ncn[nH]2)c(C)cc1Br. The molecule has 1 heterocycles. The molecule has 0 spiro atoms. The van der Waals surface area contributed by atoms with Crippen molar-refractivity contribution in [3.63, 3.8) is 0 Å². The van der Waals surface area contributed by atoms with Crippen molar-refractivity contribution >= 4 is 31.9 Å². The van der Waals surface area contributed by atoms with E-state index >= 15 is 0 Å². The van der Waals surface area contributed by atoms with Crippen molar-refractivity contribution in [2.75, 3.05) is 4.72 Å². The molecule has 0 saturated heterocycles. The molecule has 0 atom stereocenters. The van der Waals surface area contributed by atoms with Crippen molar-refractivity contribution in [3.8, 4) is 0 Å². The first-order valence-corrected chi connectivity index (χ1v) is 7.33. The van der Waals surface area contributed by atoms with Gasteiger partial charge < -0.3 is 0 Å². The van der Waals surface area contributed by atoms with Crippen LogP contribution in [0.5, 0.6) is 0 Å². The summed E-state index contributed by atoms with van der Waals surface area (Å²) >= 11 is 3.36. The molecule has 2 rings (SSSR count). The van der Waals surface area contributed by atoms with Gasteiger partial charge in [-0.25, -0.2) is 18.2 Å². The van der Waals surface area contributed by atoms with Gasteiger partial charge in [-0.05, 0) is 37.1 Å². The molecule has 18 heavy (non-hydrogen) atoms. The van der Waals surface area contributed by atoms with Crippen molar-refractivity contribution in [1.29, 1.82) is 0 Å². The smallest absolute Gasteiger partial charge is 0.248 e. The molecule has 0 radical (unpaired) electrons. The molecule has 2 aromatic rings. The van der Waals surface area contributed by atoms with Gasteiger partial charge in [0.05, 0.1) is 4.90 Å². The first kappa shape index (κ1) is 13.0. The minimum absolute atomic E-state index is 0.0926. The van der Waals surface area contributed by atoms with E-state index in [-0.39, 0.29) is 10.8 Å². The van der Waals surface area contributed by atoms with Gasteiger partial charge in [-0.1, -0.05) is 15.9 Å². The van der Waals surface area contributed by atoms with Crippen LogP contribution in [-0.2, 0) is 10.0 Å². The van der Waals surface area contributed by atoms with E-state index in [4.69, 9.17) is 0 Å². The first-order valence-electron chi connectivity index (χ1n) is 5.05. The highest BCUT2D eigenvalue weighted by Gasteiger charge is 2.19. The average molecular weight is 331 g/mol. The fourth-order valence-corrected chi connectivity index (χ4v) is 3.22. The van der Waals surface area contributed by atoms with Crippen LogP contribution < -0.4 is 4.72 Å². The molecule has 96 valence electrons. The normalized spacial score (nSPS) is 11.5. The lowest BCUT2D eigenvalue weighted by molar-refractivity contribution is 0.600. The monoisotopic (exact) mass is 330 g/mol. The number of halogens is 1. The van der Waals surface area contributed by atoms with Crippen molar-refractivity contribution in [1.82, 2.24) is 15.2 Å². The molecule has 0 aliphatic heterocycles. The molecule has 0 aliphatic rings. The van der Waals surface area contributed by atoms with Crippen LogP contribution in [0.15, 0.2) is 27.8 Å². The Morgan fingerprint density at radius 3 is 2.61 bits per heavy atom. The number of nitrogens with zero attached hydrogens (tertiary/aromatic N) is 2. The molecule has 0 amide bonds. The van der Waals surface area contributed by atoms with Crippen LogP contribution in [0.3, 0.4) is 0 Å². The van der Waals surface area contributed by atoms with Crippen molar-refractivity contribution < 1.29 is 8.42 Å². The van der Waals surface area contributed by atoms with Gasteiger partial charge in [0.25, 0.3) is 10.0 Å². The molecule has 1 aromatic carbocycles. The van der Waals surface area contributed by atoms with Gasteiger partial charge in [-0.2, -0.15) is 10.1 Å². The zero-order valence-electron chi connectivity index (χ0n) is 9.73. The van der Waals surface area contributed by atoms with Gasteiger partial charge in [0.2, 0.25) is 5.95 Å². The van der Waals surface area contributed by atoms with Gasteiger partial charge in [0.15, 0.2) is 0 Å². The second-order valence-corrected chi connectivity index (χ2v) is 6.31. The highest BCUT2D eigenvalue weighted by atomic mass is 79.9. The van der Waals surface area contributed by atoms with Crippen LogP contribution in [0.4, 0.5) is 5.95 Å². The number of nitrogens with one attached hydrogen (secondary N) is 2. The highest BCUT2D eigenvalue weighted by molar-refractivity contribution is 9.10. The van der Waals surface area contributed by atoms with Crippen LogP contribution in [0.2, 0.25) is 0 Å². The fourth-order valence-electron chi connectivity index (χ4n) is 1.48. The number of anilines is 1. The molecule has 8 heteroatoms. The highest BCUT2D eigenvalue weighted by Crippen LogP contribution is 2.25. The van der Waals surface area contributed by atoms with Crippen LogP contribution in [0, 0.1) is 13.8 Å². The molecule has 1 aromatic heterocycles. The molecule has 2 N–H and O–H groups in total. The lowest BCUT2D eigenvalue weighted by atomic mass is 10.2. The fraction of sp³-hybridized carbons (Fsp3) is 0.200. The van der Waals surface area contributed by atoms with E-state index in [0.29, 0.717) is 5.56 Å². The minimum Gasteiger partial charge on any atom is -0.248 e. The number of sulfonamides is 1. The number of aromatic nitrogens is 3. The molecule has 0 saturated carbocycles. The van der Waals surface area contributed by atoms with E-state index in [9.17, 15) is 8.42 Å². The molecular formula is C10H11BrN4O2S. The third-order valence-electron chi connectivity index (χ3n) is 2.39. The van der Waals surface area contributed by atoms with Gasteiger partial charge in [0, 0.05) is 4.47 Å². The van der Waals surface area contributed by atoms with E-state index in [2.05, 4.69) is 35.8 Å². The van der Waals surface area contributed by atoms with Crippen LogP contribution >= 0.6 is 15.9 Å². The Labute approximate surface area is 113 Å². The van der Waals surface area contributed by atoms with E-state index in [1.54, 1.807) is 19.1 Å². The summed E-state index contributed by atoms with van der Waals surface area (Å²) in [5, 5.41) is 6.03. The van der Waals surface area contributed by atoms with Crippen LogP contribution in [0.25, 0.3) is 0 Å². The maximum absolute atomic E-state index is 12.2. The number of hydrogen-bond acceptors (Lipinski definition) is 4. The Kier molecular flexibility index (Phi) is 3.40. The number of H-pyrrole nitrogens is 1. The summed E-state index contributed by atoms with van der Waals surface area (Å²) in [6, 6.07) is 3.38. The zero-order valence-corrected chi connectivity index (χ0v) is 12.1. The topological polar surface area (TPSA) is 87.7 Å². The summed E-state index contributed by atoms with van der Waals surface area (Å²) in [4.78, 5) is 3.95. The summed E-state index contributed by atoms with van der Waals surface area (Å²) < 4.78 is 27.5. The number of rotatable bonds is 3. The number of benzene rings is 1. The summed E-state index contributed by atoms with van der Waals surface area (Å²) in [6.07, 6.45) is 1.23. The number of hydrogen-bond donors (Lipinski definition) is 2. The average Bonchev–Trinajstić information content (AvgIpc) is 2.75. The molecule has 0 bridgehead atoms. The Morgan fingerprint density at radius 1 is 1.28 bits per heavy atom. The molecule has 0 fully saturated rings. The quantitative estimate of drug-likeness (QED) is 0.900. The summed E-state index contributed by atoms with van der Waals surface area (Å²) in [7, 11) is -3.66. The van der Waals surface area contributed by atoms with Crippen LogP contribution in [0.1, 0.15) is 11.1 Å². The maximum atomic E-state index is 12.2. The first-order chi connectivity index (χ1) is 8.40. The summed E-state index contributed by atoms with van der Waals surface area (Å²) in [6.45, 7) is 3.57. The van der Waals surface area contributed by atoms with Crippen molar-refractivity contribution in [2.45, 2.75) is 18.7 Å². The zero-order chi connectivity index (χ0) is 13.3. The lowest BCUT2D eigenvalue weighted by Crippen LogP contribution is -2.15. The maximum Gasteiger partial charge on any atom is 0.264 e. The van der Waals surface area contributed by atoms with Gasteiger partial charge in [-0.3, -0.25) is 0 Å². The Hall–Kier alpha value is -1.41. The van der Waals surface area contributed by atoms with Gasteiger partial charge in [0.1, 0.15) is 6.33 Å². The standard InChI is InChI=1S/C10H11BrN4O2S/c1-6-4-9(7(2)3-8(6)11)18(16,17)15-10-12-5-13-14-10/h3-5H,1-2H3,(H2,12,13,14,15). The molecule has 6 nitrogen and oxygen atoms in total.